The number of likely N-dealkylation sites (N-methyl/N-ethyl adjacent to an activating group) is 1. The van der Waals surface area contributed by atoms with Crippen molar-refractivity contribution in [2.24, 2.45) is 5.73 Å². The lowest BCUT2D eigenvalue weighted by atomic mass is 10.3. The van der Waals surface area contributed by atoms with Crippen LogP contribution >= 0.6 is 0 Å². The lowest BCUT2D eigenvalue weighted by Gasteiger charge is -2.14. The monoisotopic (exact) mass is 264 g/mol. The van der Waals surface area contributed by atoms with Gasteiger partial charge in [0.05, 0.1) is 13.0 Å². The summed E-state index contributed by atoms with van der Waals surface area (Å²) in [6.07, 6.45) is -2.54. The van der Waals surface area contributed by atoms with E-state index in [1.807, 2.05) is 18.7 Å². The van der Waals surface area contributed by atoms with E-state index in [1.54, 1.807) is 0 Å². The van der Waals surface area contributed by atoms with Gasteiger partial charge < -0.3 is 21.1 Å². The van der Waals surface area contributed by atoms with Crippen LogP contribution in [0, 0.1) is 0 Å². The summed E-state index contributed by atoms with van der Waals surface area (Å²) in [5.41, 5.74) is 4.96. The average molecular weight is 264 g/mol. The van der Waals surface area contributed by atoms with Crippen LogP contribution in [0.25, 0.3) is 0 Å². The molecule has 0 heterocycles. The number of aliphatic carboxylic acids is 2. The summed E-state index contributed by atoms with van der Waals surface area (Å²) in [6, 6.07) is 0. The van der Waals surface area contributed by atoms with Crippen molar-refractivity contribution < 1.29 is 29.7 Å². The minimum absolute atomic E-state index is 0.251. The molecule has 18 heavy (non-hydrogen) atoms. The molecule has 0 fully saturated rings. The third kappa shape index (κ3) is 12.4. The van der Waals surface area contributed by atoms with E-state index in [9.17, 15) is 14.4 Å². The molecule has 0 bridgehead atoms. The largest absolute Gasteiger partial charge is 0.481 e. The van der Waals surface area contributed by atoms with Crippen molar-refractivity contribution in [3.63, 3.8) is 0 Å². The number of primary amides is 1. The Balaban J connectivity index is 0. The van der Waals surface area contributed by atoms with Gasteiger partial charge >= 0.3 is 11.9 Å². The quantitative estimate of drug-likeness (QED) is 0.448. The molecular weight excluding hydrogens is 244 g/mol. The van der Waals surface area contributed by atoms with E-state index in [0.717, 1.165) is 13.1 Å². The highest BCUT2D eigenvalue weighted by atomic mass is 16.4. The fraction of sp³-hybridized carbons (Fsp3) is 0.700. The second kappa shape index (κ2) is 10.5. The Bertz CT molecular complexity index is 278. The Morgan fingerprint density at radius 1 is 1.17 bits per heavy atom. The van der Waals surface area contributed by atoms with Gasteiger partial charge in [0, 0.05) is 0 Å². The van der Waals surface area contributed by atoms with E-state index < -0.39 is 24.5 Å². The van der Waals surface area contributed by atoms with Crippen LogP contribution in [-0.4, -0.2) is 63.8 Å². The number of carbonyl (C=O) groups is 3. The first kappa shape index (κ1) is 18.7. The number of aliphatic hydroxyl groups is 1. The van der Waals surface area contributed by atoms with E-state index >= 15 is 0 Å². The maximum atomic E-state index is 10.3. The Morgan fingerprint density at radius 2 is 1.61 bits per heavy atom. The zero-order valence-electron chi connectivity index (χ0n) is 10.5. The highest BCUT2D eigenvalue weighted by Gasteiger charge is 2.16. The number of aliphatic hydroxyl groups excluding tert-OH is 1. The molecule has 0 aliphatic rings. The summed E-state index contributed by atoms with van der Waals surface area (Å²) in [6.45, 7) is 6.17. The number of amides is 1. The molecule has 0 aromatic rings. The third-order valence-electron chi connectivity index (χ3n) is 1.93. The predicted molar refractivity (Wildman–Crippen MR) is 62.9 cm³/mol. The normalized spacial score (nSPS) is 11.3. The van der Waals surface area contributed by atoms with E-state index in [1.165, 1.54) is 0 Å². The number of nitrogens with two attached hydrogens (primary N) is 1. The number of carboxylic acid groups (broad SMARTS) is 2. The Morgan fingerprint density at radius 3 is 1.72 bits per heavy atom. The average Bonchev–Trinajstić information content (AvgIpc) is 2.25. The number of hydrogen-bond donors (Lipinski definition) is 4. The van der Waals surface area contributed by atoms with Gasteiger partial charge in [0.1, 0.15) is 0 Å². The Kier molecular flexibility index (Phi) is 10.9. The smallest absolute Gasteiger partial charge is 0.333 e. The van der Waals surface area contributed by atoms with Crippen molar-refractivity contribution in [2.45, 2.75) is 26.4 Å². The van der Waals surface area contributed by atoms with Gasteiger partial charge in [-0.15, -0.1) is 0 Å². The molecular formula is C10H20N2O6. The van der Waals surface area contributed by atoms with Crippen LogP contribution in [0.15, 0.2) is 0 Å². The summed E-state index contributed by atoms with van der Waals surface area (Å²) in [4.78, 5) is 31.7. The molecule has 0 aromatic carbocycles. The van der Waals surface area contributed by atoms with E-state index in [4.69, 9.17) is 21.1 Å². The highest BCUT2D eigenvalue weighted by Crippen LogP contribution is 1.89. The second-order valence-corrected chi connectivity index (χ2v) is 3.38. The molecule has 0 aromatic heterocycles. The van der Waals surface area contributed by atoms with Crippen LogP contribution in [0.5, 0.6) is 0 Å². The van der Waals surface area contributed by atoms with Crippen molar-refractivity contribution >= 4 is 17.8 Å². The maximum absolute atomic E-state index is 10.3. The molecule has 0 saturated heterocycles. The third-order valence-corrected chi connectivity index (χ3v) is 1.93. The minimum atomic E-state index is -1.79. The number of nitrogens with zero attached hydrogens (tertiary/aromatic N) is 1. The van der Waals surface area contributed by atoms with Crippen LogP contribution in [0.2, 0.25) is 0 Å². The summed E-state index contributed by atoms with van der Waals surface area (Å²) < 4.78 is 0. The number of carbonyl (C=O) groups excluding carboxylic acids is 1. The van der Waals surface area contributed by atoms with E-state index in [-0.39, 0.29) is 5.91 Å². The van der Waals surface area contributed by atoms with Crippen LogP contribution in [0.3, 0.4) is 0 Å². The molecule has 106 valence electrons. The Hall–Kier alpha value is -1.67. The molecule has 0 aliphatic carbocycles. The fourth-order valence-electron chi connectivity index (χ4n) is 0.920. The molecule has 0 radical (unpaired) electrons. The predicted octanol–water partition coefficient (Wildman–Crippen LogP) is -1.28. The van der Waals surface area contributed by atoms with Gasteiger partial charge in [-0.1, -0.05) is 13.8 Å². The van der Waals surface area contributed by atoms with Gasteiger partial charge in [-0.25, -0.2) is 4.79 Å². The highest BCUT2D eigenvalue weighted by molar-refractivity contribution is 5.79. The van der Waals surface area contributed by atoms with Gasteiger partial charge in [0.2, 0.25) is 5.91 Å². The van der Waals surface area contributed by atoms with E-state index in [2.05, 4.69) is 0 Å². The first-order valence-electron chi connectivity index (χ1n) is 5.37. The van der Waals surface area contributed by atoms with Crippen molar-refractivity contribution in [1.29, 1.82) is 0 Å². The van der Waals surface area contributed by atoms with Crippen molar-refractivity contribution in [1.82, 2.24) is 4.90 Å². The number of carboxylic acids is 2. The second-order valence-electron chi connectivity index (χ2n) is 3.38. The molecule has 0 aliphatic heterocycles. The van der Waals surface area contributed by atoms with Crippen LogP contribution in [-0.2, 0) is 14.4 Å². The molecule has 1 unspecified atom stereocenters. The summed E-state index contributed by atoms with van der Waals surface area (Å²) >= 11 is 0. The topological polar surface area (TPSA) is 141 Å². The lowest BCUT2D eigenvalue weighted by molar-refractivity contribution is -0.152. The SMILES string of the molecule is CCN(CC)CC(N)=O.O=C(O)CC(O)C(=O)O. The van der Waals surface area contributed by atoms with Gasteiger partial charge in [-0.2, -0.15) is 0 Å². The van der Waals surface area contributed by atoms with Crippen molar-refractivity contribution in [3.8, 4) is 0 Å². The number of hydrogen-bond acceptors (Lipinski definition) is 5. The molecule has 1 amide bonds. The molecule has 0 saturated carbocycles. The van der Waals surface area contributed by atoms with Crippen LogP contribution in [0.4, 0.5) is 0 Å². The lowest BCUT2D eigenvalue weighted by Crippen LogP contribution is -2.33. The van der Waals surface area contributed by atoms with E-state index in [0.29, 0.717) is 6.54 Å². The molecule has 1 atom stereocenters. The zero-order valence-corrected chi connectivity index (χ0v) is 10.5. The van der Waals surface area contributed by atoms with Crippen molar-refractivity contribution in [3.05, 3.63) is 0 Å². The van der Waals surface area contributed by atoms with Gasteiger partial charge in [0.15, 0.2) is 6.10 Å². The molecule has 0 rings (SSSR count). The standard InChI is InChI=1S/C6H14N2O.C4H6O5/c1-3-8(4-2)5-6(7)9;5-2(4(8)9)1-3(6)7/h3-5H2,1-2H3,(H2,7,9);2,5H,1H2,(H,6,7)(H,8,9). The van der Waals surface area contributed by atoms with Gasteiger partial charge in [-0.05, 0) is 13.1 Å². The molecule has 5 N–H and O–H groups in total. The van der Waals surface area contributed by atoms with Gasteiger partial charge in [-0.3, -0.25) is 14.5 Å². The summed E-state index contributed by atoms with van der Waals surface area (Å²) in [5.74, 6) is -3.10. The molecule has 8 nitrogen and oxygen atoms in total. The van der Waals surface area contributed by atoms with Crippen LogP contribution < -0.4 is 5.73 Å². The minimum Gasteiger partial charge on any atom is -0.481 e. The van der Waals surface area contributed by atoms with Crippen LogP contribution in [0.1, 0.15) is 20.3 Å². The first-order chi connectivity index (χ1) is 8.24. The first-order valence-corrected chi connectivity index (χ1v) is 5.37. The summed E-state index contributed by atoms with van der Waals surface area (Å²) in [7, 11) is 0. The summed E-state index contributed by atoms with van der Waals surface area (Å²) in [5, 5.41) is 24.1. The van der Waals surface area contributed by atoms with Gasteiger partial charge in [0.25, 0.3) is 0 Å². The van der Waals surface area contributed by atoms with Crippen molar-refractivity contribution in [2.75, 3.05) is 19.6 Å². The zero-order chi connectivity index (χ0) is 14.7. The number of rotatable bonds is 7. The maximum Gasteiger partial charge on any atom is 0.333 e. The Labute approximate surface area is 105 Å². The fourth-order valence-corrected chi connectivity index (χ4v) is 0.920. The molecule has 0 spiro atoms. The molecule has 8 heteroatoms.